The monoisotopic (exact) mass is 267 g/mol. The number of nitrogens with one attached hydrogen (secondary N) is 1. The zero-order valence-corrected chi connectivity index (χ0v) is 12.3. The molecular formula is C15H29N3O. The minimum absolute atomic E-state index is 0.158. The van der Waals surface area contributed by atoms with Crippen LogP contribution < -0.4 is 11.1 Å². The van der Waals surface area contributed by atoms with Crippen molar-refractivity contribution in [3.8, 4) is 0 Å². The SMILES string of the molecule is CCNC1(C(N)=O)CCCC(N2CCCCCC2)C1. The Balaban J connectivity index is 2.03. The lowest BCUT2D eigenvalue weighted by Crippen LogP contribution is -2.60. The lowest BCUT2D eigenvalue weighted by molar-refractivity contribution is -0.126. The smallest absolute Gasteiger partial charge is 0.237 e. The van der Waals surface area contributed by atoms with Crippen LogP contribution >= 0.6 is 0 Å². The van der Waals surface area contributed by atoms with Crippen LogP contribution in [0.2, 0.25) is 0 Å². The zero-order chi connectivity index (χ0) is 13.7. The van der Waals surface area contributed by atoms with Gasteiger partial charge in [-0.1, -0.05) is 19.8 Å². The van der Waals surface area contributed by atoms with E-state index in [0.29, 0.717) is 6.04 Å². The maximum atomic E-state index is 11.9. The van der Waals surface area contributed by atoms with Crippen molar-refractivity contribution in [1.29, 1.82) is 0 Å². The molecule has 0 bridgehead atoms. The van der Waals surface area contributed by atoms with E-state index in [1.807, 2.05) is 0 Å². The van der Waals surface area contributed by atoms with Crippen LogP contribution in [0.1, 0.15) is 58.3 Å². The van der Waals surface area contributed by atoms with Crippen molar-refractivity contribution in [3.05, 3.63) is 0 Å². The number of rotatable bonds is 4. The Hall–Kier alpha value is -0.610. The van der Waals surface area contributed by atoms with E-state index in [-0.39, 0.29) is 5.91 Å². The van der Waals surface area contributed by atoms with Gasteiger partial charge in [0, 0.05) is 6.04 Å². The van der Waals surface area contributed by atoms with Crippen molar-refractivity contribution in [1.82, 2.24) is 10.2 Å². The molecule has 0 radical (unpaired) electrons. The van der Waals surface area contributed by atoms with Crippen LogP contribution in [0.3, 0.4) is 0 Å². The molecule has 0 aromatic heterocycles. The van der Waals surface area contributed by atoms with Crippen molar-refractivity contribution in [2.45, 2.75) is 69.9 Å². The summed E-state index contributed by atoms with van der Waals surface area (Å²) >= 11 is 0. The van der Waals surface area contributed by atoms with E-state index in [1.165, 1.54) is 45.2 Å². The van der Waals surface area contributed by atoms with Gasteiger partial charge in [0.05, 0.1) is 5.54 Å². The summed E-state index contributed by atoms with van der Waals surface area (Å²) in [5.74, 6) is -0.158. The number of primary amides is 1. The van der Waals surface area contributed by atoms with Crippen molar-refractivity contribution in [3.63, 3.8) is 0 Å². The predicted octanol–water partition coefficient (Wildman–Crippen LogP) is 1.64. The Bertz CT molecular complexity index is 296. The Morgan fingerprint density at radius 3 is 2.53 bits per heavy atom. The Morgan fingerprint density at radius 1 is 1.26 bits per heavy atom. The average Bonchev–Trinajstić information content (AvgIpc) is 2.68. The average molecular weight is 267 g/mol. The second-order valence-corrected chi connectivity index (χ2v) is 6.18. The van der Waals surface area contributed by atoms with E-state index in [4.69, 9.17) is 5.73 Å². The number of nitrogens with zero attached hydrogens (tertiary/aromatic N) is 1. The van der Waals surface area contributed by atoms with Gasteiger partial charge in [0.1, 0.15) is 0 Å². The van der Waals surface area contributed by atoms with Gasteiger partial charge in [0.15, 0.2) is 0 Å². The third-order valence-corrected chi connectivity index (χ3v) is 4.87. The highest BCUT2D eigenvalue weighted by atomic mass is 16.1. The molecule has 2 atom stereocenters. The normalized spacial score (nSPS) is 33.8. The van der Waals surface area contributed by atoms with Gasteiger partial charge in [-0.25, -0.2) is 0 Å². The minimum atomic E-state index is -0.454. The van der Waals surface area contributed by atoms with Crippen molar-refractivity contribution >= 4 is 5.91 Å². The van der Waals surface area contributed by atoms with Crippen LogP contribution in [0.15, 0.2) is 0 Å². The molecule has 0 aromatic rings. The molecule has 110 valence electrons. The number of amides is 1. The van der Waals surface area contributed by atoms with Gasteiger partial charge in [-0.15, -0.1) is 0 Å². The molecule has 2 unspecified atom stereocenters. The molecule has 1 saturated heterocycles. The minimum Gasteiger partial charge on any atom is -0.368 e. The topological polar surface area (TPSA) is 58.4 Å². The van der Waals surface area contributed by atoms with E-state index < -0.39 is 5.54 Å². The van der Waals surface area contributed by atoms with Gasteiger partial charge in [-0.3, -0.25) is 4.79 Å². The number of nitrogens with two attached hydrogens (primary N) is 1. The molecular weight excluding hydrogens is 238 g/mol. The number of carbonyl (C=O) groups is 1. The van der Waals surface area contributed by atoms with E-state index in [1.54, 1.807) is 0 Å². The number of likely N-dealkylation sites (N-methyl/N-ethyl adjacent to an activating group) is 1. The highest BCUT2D eigenvalue weighted by Crippen LogP contribution is 2.32. The third-order valence-electron chi connectivity index (χ3n) is 4.87. The lowest BCUT2D eigenvalue weighted by atomic mass is 9.77. The van der Waals surface area contributed by atoms with Gasteiger partial charge in [0.2, 0.25) is 5.91 Å². The van der Waals surface area contributed by atoms with Gasteiger partial charge in [0.25, 0.3) is 0 Å². The van der Waals surface area contributed by atoms with Crippen LogP contribution in [-0.4, -0.2) is 42.0 Å². The quantitative estimate of drug-likeness (QED) is 0.814. The standard InChI is InChI=1S/C15H29N3O/c1-2-17-15(14(16)19)9-7-8-13(12-15)18-10-5-3-4-6-11-18/h13,17H,2-12H2,1H3,(H2,16,19). The third kappa shape index (κ3) is 3.48. The summed E-state index contributed by atoms with van der Waals surface area (Å²) in [6.45, 7) is 5.27. The summed E-state index contributed by atoms with van der Waals surface area (Å²) in [5, 5.41) is 3.38. The number of likely N-dealkylation sites (tertiary alicyclic amines) is 1. The van der Waals surface area contributed by atoms with Crippen LogP contribution in [0.4, 0.5) is 0 Å². The maximum Gasteiger partial charge on any atom is 0.237 e. The predicted molar refractivity (Wildman–Crippen MR) is 77.9 cm³/mol. The van der Waals surface area contributed by atoms with Crippen LogP contribution in [0, 0.1) is 0 Å². The van der Waals surface area contributed by atoms with Crippen LogP contribution in [0.25, 0.3) is 0 Å². The van der Waals surface area contributed by atoms with Gasteiger partial charge in [-0.2, -0.15) is 0 Å². The van der Waals surface area contributed by atoms with Crippen molar-refractivity contribution in [2.24, 2.45) is 5.73 Å². The Kier molecular flexibility index (Phi) is 5.22. The van der Waals surface area contributed by atoms with E-state index in [9.17, 15) is 4.79 Å². The largest absolute Gasteiger partial charge is 0.368 e. The zero-order valence-electron chi connectivity index (χ0n) is 12.3. The van der Waals surface area contributed by atoms with Gasteiger partial charge >= 0.3 is 0 Å². The first-order valence-corrected chi connectivity index (χ1v) is 7.97. The molecule has 0 aromatic carbocycles. The molecule has 2 rings (SSSR count). The molecule has 19 heavy (non-hydrogen) atoms. The Labute approximate surface area is 117 Å². The highest BCUT2D eigenvalue weighted by Gasteiger charge is 2.42. The number of hydrogen-bond acceptors (Lipinski definition) is 3. The second kappa shape index (κ2) is 6.71. The molecule has 1 heterocycles. The van der Waals surface area contributed by atoms with E-state index in [2.05, 4.69) is 17.1 Å². The molecule has 1 aliphatic carbocycles. The van der Waals surface area contributed by atoms with Crippen LogP contribution in [-0.2, 0) is 4.79 Å². The fourth-order valence-corrected chi connectivity index (χ4v) is 3.83. The van der Waals surface area contributed by atoms with E-state index >= 15 is 0 Å². The molecule has 1 amide bonds. The molecule has 4 nitrogen and oxygen atoms in total. The van der Waals surface area contributed by atoms with Crippen molar-refractivity contribution in [2.75, 3.05) is 19.6 Å². The molecule has 2 aliphatic rings. The first-order valence-electron chi connectivity index (χ1n) is 7.97. The fourth-order valence-electron chi connectivity index (χ4n) is 3.83. The molecule has 4 heteroatoms. The maximum absolute atomic E-state index is 11.9. The summed E-state index contributed by atoms with van der Waals surface area (Å²) in [7, 11) is 0. The summed E-state index contributed by atoms with van der Waals surface area (Å²) in [6, 6.07) is 0.540. The molecule has 1 aliphatic heterocycles. The summed E-state index contributed by atoms with van der Waals surface area (Å²) in [6.07, 6.45) is 9.46. The summed E-state index contributed by atoms with van der Waals surface area (Å²) < 4.78 is 0. The molecule has 2 fully saturated rings. The lowest BCUT2D eigenvalue weighted by Gasteiger charge is -2.43. The molecule has 1 saturated carbocycles. The Morgan fingerprint density at radius 2 is 1.95 bits per heavy atom. The number of hydrogen-bond donors (Lipinski definition) is 2. The van der Waals surface area contributed by atoms with Gasteiger partial charge < -0.3 is 16.0 Å². The fraction of sp³-hybridized carbons (Fsp3) is 0.933. The van der Waals surface area contributed by atoms with E-state index in [0.717, 1.165) is 25.8 Å². The first kappa shape index (κ1) is 14.8. The first-order chi connectivity index (χ1) is 9.18. The summed E-state index contributed by atoms with van der Waals surface area (Å²) in [4.78, 5) is 14.5. The molecule has 3 N–H and O–H groups in total. The second-order valence-electron chi connectivity index (χ2n) is 6.18. The summed E-state index contributed by atoms with van der Waals surface area (Å²) in [5.41, 5.74) is 5.24. The highest BCUT2D eigenvalue weighted by molar-refractivity contribution is 5.84. The number of carbonyl (C=O) groups excluding carboxylic acids is 1. The molecule has 0 spiro atoms. The van der Waals surface area contributed by atoms with Crippen molar-refractivity contribution < 1.29 is 4.79 Å². The van der Waals surface area contributed by atoms with Crippen LogP contribution in [0.5, 0.6) is 0 Å². The van der Waals surface area contributed by atoms with Gasteiger partial charge in [-0.05, 0) is 58.2 Å².